The maximum atomic E-state index is 11.6. The van der Waals surface area contributed by atoms with Gasteiger partial charge in [-0.05, 0) is 12.1 Å². The lowest BCUT2D eigenvalue weighted by Crippen LogP contribution is -2.10. The molecule has 0 bridgehead atoms. The van der Waals surface area contributed by atoms with Crippen molar-refractivity contribution in [2.45, 2.75) is 0 Å². The molecule has 112 valence electrons. The van der Waals surface area contributed by atoms with Crippen LogP contribution in [0.25, 0.3) is 22.7 Å². The molecule has 4 rings (SSSR count). The molecule has 0 aliphatic rings. The summed E-state index contributed by atoms with van der Waals surface area (Å²) in [5.74, 6) is 0.152. The Morgan fingerprint density at radius 1 is 1.13 bits per heavy atom. The summed E-state index contributed by atoms with van der Waals surface area (Å²) in [6.45, 7) is 0. The van der Waals surface area contributed by atoms with E-state index in [1.165, 1.54) is 28.1 Å². The number of aromatic nitrogens is 7. The minimum absolute atomic E-state index is 0.0439. The highest BCUT2D eigenvalue weighted by Crippen LogP contribution is 2.27. The average Bonchev–Trinajstić information content (AvgIpc) is 3.23. The van der Waals surface area contributed by atoms with Gasteiger partial charge in [0.05, 0.1) is 10.4 Å². The zero-order chi connectivity index (χ0) is 15.8. The SMILES string of the molecule is O=[N+]([O-])c1c(-n2ccnc2)ncnc1-n1nnc2ccccc21. The molecule has 0 N–H and O–H groups in total. The summed E-state index contributed by atoms with van der Waals surface area (Å²) in [7, 11) is 0. The lowest BCUT2D eigenvalue weighted by molar-refractivity contribution is -0.384. The molecule has 10 heteroatoms. The Hall–Kier alpha value is -3.69. The van der Waals surface area contributed by atoms with Crippen molar-refractivity contribution < 1.29 is 4.92 Å². The van der Waals surface area contributed by atoms with Crippen molar-refractivity contribution in [1.82, 2.24) is 34.5 Å². The highest BCUT2D eigenvalue weighted by atomic mass is 16.6. The summed E-state index contributed by atoms with van der Waals surface area (Å²) in [4.78, 5) is 23.0. The van der Waals surface area contributed by atoms with Crippen molar-refractivity contribution in [3.63, 3.8) is 0 Å². The minimum Gasteiger partial charge on any atom is -0.285 e. The molecule has 0 saturated heterocycles. The first-order chi connectivity index (χ1) is 11.3. The largest absolute Gasteiger partial charge is 0.356 e. The number of benzene rings is 1. The monoisotopic (exact) mass is 308 g/mol. The van der Waals surface area contributed by atoms with Crippen LogP contribution in [0.1, 0.15) is 0 Å². The van der Waals surface area contributed by atoms with Crippen LogP contribution in [0.4, 0.5) is 5.69 Å². The summed E-state index contributed by atoms with van der Waals surface area (Å²) >= 11 is 0. The molecule has 10 nitrogen and oxygen atoms in total. The van der Waals surface area contributed by atoms with Gasteiger partial charge in [-0.3, -0.25) is 14.7 Å². The standard InChI is InChI=1S/C13H8N8O2/c22-21(23)11-12(19-6-5-14-8-19)15-7-16-13(11)20-10-4-2-1-3-9(10)17-18-20/h1-8H. The van der Waals surface area contributed by atoms with Gasteiger partial charge in [-0.25, -0.2) is 15.0 Å². The van der Waals surface area contributed by atoms with E-state index in [9.17, 15) is 10.1 Å². The molecule has 0 aliphatic heterocycles. The zero-order valence-electron chi connectivity index (χ0n) is 11.5. The van der Waals surface area contributed by atoms with E-state index >= 15 is 0 Å². The fourth-order valence-corrected chi connectivity index (χ4v) is 2.28. The number of fused-ring (bicyclic) bond motifs is 1. The Kier molecular flexibility index (Phi) is 2.80. The molecule has 0 spiro atoms. The van der Waals surface area contributed by atoms with E-state index in [0.29, 0.717) is 11.0 Å². The van der Waals surface area contributed by atoms with Gasteiger partial charge in [0.1, 0.15) is 18.2 Å². The molecule has 1 aromatic carbocycles. The van der Waals surface area contributed by atoms with Crippen molar-refractivity contribution in [3.05, 3.63) is 59.4 Å². The first-order valence-electron chi connectivity index (χ1n) is 6.54. The third-order valence-corrected chi connectivity index (χ3v) is 3.27. The highest BCUT2D eigenvalue weighted by molar-refractivity contribution is 5.77. The fourth-order valence-electron chi connectivity index (χ4n) is 2.28. The van der Waals surface area contributed by atoms with Gasteiger partial charge in [0, 0.05) is 12.4 Å². The maximum absolute atomic E-state index is 11.6. The van der Waals surface area contributed by atoms with E-state index in [0.717, 1.165) is 0 Å². The average molecular weight is 308 g/mol. The number of para-hydroxylation sites is 1. The number of nitrogens with zero attached hydrogens (tertiary/aromatic N) is 8. The quantitative estimate of drug-likeness (QED) is 0.413. The van der Waals surface area contributed by atoms with Gasteiger partial charge in [0.15, 0.2) is 0 Å². The highest BCUT2D eigenvalue weighted by Gasteiger charge is 2.27. The lowest BCUT2D eigenvalue weighted by atomic mass is 10.3. The Morgan fingerprint density at radius 3 is 2.74 bits per heavy atom. The molecular weight excluding hydrogens is 300 g/mol. The second kappa shape index (κ2) is 4.94. The van der Waals surface area contributed by atoms with E-state index < -0.39 is 4.92 Å². The van der Waals surface area contributed by atoms with Crippen LogP contribution in [0.3, 0.4) is 0 Å². The van der Waals surface area contributed by atoms with Gasteiger partial charge in [0.2, 0.25) is 11.6 Å². The minimum atomic E-state index is -0.541. The van der Waals surface area contributed by atoms with E-state index in [2.05, 4.69) is 25.3 Å². The second-order valence-corrected chi connectivity index (χ2v) is 4.59. The molecule has 0 unspecified atom stereocenters. The Balaban J connectivity index is 2.03. The molecule has 3 heterocycles. The van der Waals surface area contributed by atoms with Crippen molar-refractivity contribution in [2.24, 2.45) is 0 Å². The molecule has 0 aliphatic carbocycles. The number of rotatable bonds is 3. The molecule has 0 atom stereocenters. The fraction of sp³-hybridized carbons (Fsp3) is 0. The van der Waals surface area contributed by atoms with Crippen LogP contribution in [-0.2, 0) is 0 Å². The van der Waals surface area contributed by atoms with Crippen molar-refractivity contribution in [2.75, 3.05) is 0 Å². The van der Waals surface area contributed by atoms with Gasteiger partial charge in [-0.2, -0.15) is 4.68 Å². The maximum Gasteiger partial charge on any atom is 0.356 e. The van der Waals surface area contributed by atoms with Crippen LogP contribution in [-0.4, -0.2) is 39.4 Å². The topological polar surface area (TPSA) is 117 Å². The molecule has 3 aromatic heterocycles. The summed E-state index contributed by atoms with van der Waals surface area (Å²) in [5.41, 5.74) is 0.955. The molecule has 0 amide bonds. The van der Waals surface area contributed by atoms with Crippen LogP contribution in [0.2, 0.25) is 0 Å². The van der Waals surface area contributed by atoms with Gasteiger partial charge < -0.3 is 0 Å². The molecule has 0 fully saturated rings. The van der Waals surface area contributed by atoms with E-state index in [1.807, 2.05) is 6.07 Å². The number of nitro groups is 1. The van der Waals surface area contributed by atoms with Crippen LogP contribution < -0.4 is 0 Å². The van der Waals surface area contributed by atoms with E-state index in [4.69, 9.17) is 0 Å². The molecule has 0 saturated carbocycles. The van der Waals surface area contributed by atoms with Gasteiger partial charge in [-0.15, -0.1) is 5.10 Å². The van der Waals surface area contributed by atoms with Crippen molar-refractivity contribution in [3.8, 4) is 11.6 Å². The first kappa shape index (κ1) is 13.0. The smallest absolute Gasteiger partial charge is 0.285 e. The second-order valence-electron chi connectivity index (χ2n) is 4.59. The lowest BCUT2D eigenvalue weighted by Gasteiger charge is -2.06. The normalized spacial score (nSPS) is 11.0. The number of imidazole rings is 1. The molecule has 0 radical (unpaired) electrons. The summed E-state index contributed by atoms with van der Waals surface area (Å²) < 4.78 is 2.78. The van der Waals surface area contributed by atoms with Crippen molar-refractivity contribution in [1.29, 1.82) is 0 Å². The summed E-state index contributed by atoms with van der Waals surface area (Å²) in [6, 6.07) is 7.14. The summed E-state index contributed by atoms with van der Waals surface area (Å²) in [6.07, 6.45) is 5.75. The van der Waals surface area contributed by atoms with E-state index in [1.54, 1.807) is 24.4 Å². The molecule has 4 aromatic rings. The van der Waals surface area contributed by atoms with Gasteiger partial charge in [0.25, 0.3) is 0 Å². The predicted octanol–water partition coefficient (Wildman–Crippen LogP) is 1.30. The van der Waals surface area contributed by atoms with Crippen LogP contribution in [0.15, 0.2) is 49.3 Å². The Bertz CT molecular complexity index is 1010. The van der Waals surface area contributed by atoms with Crippen LogP contribution in [0.5, 0.6) is 0 Å². The van der Waals surface area contributed by atoms with Crippen LogP contribution in [0, 0.1) is 10.1 Å². The molecule has 23 heavy (non-hydrogen) atoms. The van der Waals surface area contributed by atoms with Crippen LogP contribution >= 0.6 is 0 Å². The van der Waals surface area contributed by atoms with E-state index in [-0.39, 0.29) is 17.3 Å². The third-order valence-electron chi connectivity index (χ3n) is 3.27. The molecular formula is C13H8N8O2. The van der Waals surface area contributed by atoms with Gasteiger partial charge >= 0.3 is 5.69 Å². The Labute approximate surface area is 128 Å². The zero-order valence-corrected chi connectivity index (χ0v) is 11.5. The summed E-state index contributed by atoms with van der Waals surface area (Å²) in [5, 5.41) is 19.6. The van der Waals surface area contributed by atoms with Crippen molar-refractivity contribution >= 4 is 16.7 Å². The number of hydrogen-bond acceptors (Lipinski definition) is 7. The third kappa shape index (κ3) is 2.00. The Morgan fingerprint density at radius 2 is 1.96 bits per heavy atom. The predicted molar refractivity (Wildman–Crippen MR) is 78.2 cm³/mol. The van der Waals surface area contributed by atoms with Gasteiger partial charge in [-0.1, -0.05) is 17.3 Å². The number of hydrogen-bond donors (Lipinski definition) is 0. The first-order valence-corrected chi connectivity index (χ1v) is 6.54.